The second-order valence-electron chi connectivity index (χ2n) is 19.0. The minimum atomic E-state index is -3.69. The van der Waals surface area contributed by atoms with Crippen molar-refractivity contribution in [2.45, 2.75) is 135 Å². The Balaban J connectivity index is 0.815. The molecule has 0 aromatic heterocycles. The molecule has 0 saturated carbocycles. The van der Waals surface area contributed by atoms with Crippen LogP contribution in [0.5, 0.6) is 11.5 Å². The van der Waals surface area contributed by atoms with Crippen LogP contribution in [0.4, 0.5) is 10.1 Å². The number of carbonyl (C=O) groups is 6. The normalized spacial score (nSPS) is 18.1. The Bertz CT molecular complexity index is 2560. The van der Waals surface area contributed by atoms with E-state index >= 15 is 0 Å². The smallest absolute Gasteiger partial charge is 0.264 e. The van der Waals surface area contributed by atoms with Crippen molar-refractivity contribution >= 4 is 51.0 Å². The molecule has 7 rings (SSSR count). The molecule has 372 valence electrons. The number of fused-ring (bicyclic) bond motifs is 2. The van der Waals surface area contributed by atoms with Crippen LogP contribution < -0.4 is 20.1 Å². The quantitative estimate of drug-likeness (QED) is 0.0702. The Hall–Kier alpha value is -5.68. The van der Waals surface area contributed by atoms with Gasteiger partial charge in [-0.3, -0.25) is 39.0 Å². The molecule has 1 unspecified atom stereocenters. The number of likely N-dealkylation sites (tertiary alicyclic amines) is 1. The van der Waals surface area contributed by atoms with Gasteiger partial charge < -0.3 is 24.6 Å². The SMILES string of the molecule is CCOc1cc([C@@H](CS(C)(=O)=O)N2C(=O)c3cc(CCCCCCCCCCCCN4CCC(c5cc(F)cc6c5CN(C5CCC(=O)NC5=O)C6=O)CC4)cc(NC(C)=O)c3C2=O)ccc1OC. The summed E-state index contributed by atoms with van der Waals surface area (Å²) in [4.78, 5) is 83.0. The van der Waals surface area contributed by atoms with Crippen molar-refractivity contribution in [3.05, 3.63) is 87.2 Å². The number of carbonyl (C=O) groups excluding carboxylic acids is 6. The number of benzene rings is 3. The van der Waals surface area contributed by atoms with E-state index in [1.54, 1.807) is 43.3 Å². The Morgan fingerprint density at radius 2 is 1.52 bits per heavy atom. The summed E-state index contributed by atoms with van der Waals surface area (Å²) in [7, 11) is -2.20. The van der Waals surface area contributed by atoms with Gasteiger partial charge in [-0.25, -0.2) is 12.8 Å². The number of nitrogens with zero attached hydrogens (tertiary/aromatic N) is 3. The number of aryl methyl sites for hydroxylation is 1. The van der Waals surface area contributed by atoms with Crippen LogP contribution in [0.3, 0.4) is 0 Å². The van der Waals surface area contributed by atoms with E-state index in [1.165, 1.54) is 44.3 Å². The molecule has 3 aromatic carbocycles. The molecule has 17 heteroatoms. The molecule has 0 spiro atoms. The van der Waals surface area contributed by atoms with Gasteiger partial charge >= 0.3 is 0 Å². The first-order chi connectivity index (χ1) is 33.1. The first-order valence-electron chi connectivity index (χ1n) is 24.6. The number of piperidine rings is 2. The van der Waals surface area contributed by atoms with Gasteiger partial charge in [-0.2, -0.15) is 0 Å². The van der Waals surface area contributed by atoms with E-state index in [4.69, 9.17) is 9.47 Å². The lowest BCUT2D eigenvalue weighted by Gasteiger charge is -2.33. The highest BCUT2D eigenvalue weighted by Crippen LogP contribution is 2.41. The maximum absolute atomic E-state index is 14.8. The maximum Gasteiger partial charge on any atom is 0.264 e. The predicted octanol–water partition coefficient (Wildman–Crippen LogP) is 7.66. The third-order valence-electron chi connectivity index (χ3n) is 13.9. The van der Waals surface area contributed by atoms with Crippen molar-refractivity contribution in [2.24, 2.45) is 0 Å². The fraction of sp³-hybridized carbons (Fsp3) is 0.538. The van der Waals surface area contributed by atoms with Gasteiger partial charge in [0.25, 0.3) is 17.7 Å². The average Bonchev–Trinajstić information content (AvgIpc) is 3.76. The number of imide groups is 2. The number of hydrogen-bond donors (Lipinski definition) is 2. The molecule has 69 heavy (non-hydrogen) atoms. The number of anilines is 1. The van der Waals surface area contributed by atoms with Crippen LogP contribution in [0.25, 0.3) is 0 Å². The van der Waals surface area contributed by atoms with Crippen molar-refractivity contribution in [3.8, 4) is 11.5 Å². The molecular formula is C52H66FN5O10S. The van der Waals surface area contributed by atoms with Crippen LogP contribution in [0.15, 0.2) is 42.5 Å². The lowest BCUT2D eigenvalue weighted by Crippen LogP contribution is -2.52. The van der Waals surface area contributed by atoms with E-state index in [-0.39, 0.29) is 53.9 Å². The number of rotatable bonds is 23. The van der Waals surface area contributed by atoms with Crippen molar-refractivity contribution in [3.63, 3.8) is 0 Å². The Labute approximate surface area is 404 Å². The zero-order valence-electron chi connectivity index (χ0n) is 40.3. The molecule has 0 bridgehead atoms. The minimum absolute atomic E-state index is 0.0466. The number of ether oxygens (including phenoxy) is 2. The van der Waals surface area contributed by atoms with E-state index in [0.29, 0.717) is 35.7 Å². The summed E-state index contributed by atoms with van der Waals surface area (Å²) in [6, 6.07) is 9.24. The van der Waals surface area contributed by atoms with Gasteiger partial charge in [-0.1, -0.05) is 57.4 Å². The van der Waals surface area contributed by atoms with E-state index < -0.39 is 57.1 Å². The number of hydrogen-bond acceptors (Lipinski definition) is 11. The molecular weight excluding hydrogens is 906 g/mol. The summed E-state index contributed by atoms with van der Waals surface area (Å²) in [5.41, 5.74) is 3.63. The number of sulfone groups is 1. The molecule has 2 fully saturated rings. The van der Waals surface area contributed by atoms with Gasteiger partial charge in [0.15, 0.2) is 11.5 Å². The summed E-state index contributed by atoms with van der Waals surface area (Å²) in [5.74, 6) is -2.88. The topological polar surface area (TPSA) is 189 Å². The van der Waals surface area contributed by atoms with Crippen molar-refractivity contribution < 1.29 is 51.0 Å². The van der Waals surface area contributed by atoms with Crippen molar-refractivity contribution in [1.29, 1.82) is 0 Å². The van der Waals surface area contributed by atoms with Gasteiger partial charge in [0.2, 0.25) is 17.7 Å². The van der Waals surface area contributed by atoms with Crippen LogP contribution >= 0.6 is 0 Å². The van der Waals surface area contributed by atoms with Crippen molar-refractivity contribution in [2.75, 3.05) is 50.7 Å². The van der Waals surface area contributed by atoms with Crippen LogP contribution in [-0.2, 0) is 37.2 Å². The average molecular weight is 972 g/mol. The van der Waals surface area contributed by atoms with Crippen molar-refractivity contribution in [1.82, 2.24) is 20.0 Å². The van der Waals surface area contributed by atoms with E-state index in [0.717, 1.165) is 105 Å². The highest BCUT2D eigenvalue weighted by atomic mass is 32.2. The molecule has 3 aromatic rings. The monoisotopic (exact) mass is 971 g/mol. The number of amides is 6. The first-order valence-corrected chi connectivity index (χ1v) is 26.6. The summed E-state index contributed by atoms with van der Waals surface area (Å²) >= 11 is 0. The molecule has 4 aliphatic rings. The lowest BCUT2D eigenvalue weighted by molar-refractivity contribution is -0.137. The van der Waals surface area contributed by atoms with Gasteiger partial charge in [0.1, 0.15) is 21.7 Å². The zero-order chi connectivity index (χ0) is 49.4. The second-order valence-corrected chi connectivity index (χ2v) is 21.2. The lowest BCUT2D eigenvalue weighted by atomic mass is 9.85. The maximum atomic E-state index is 14.8. The number of methoxy groups -OCH3 is 1. The molecule has 2 N–H and O–H groups in total. The third-order valence-corrected chi connectivity index (χ3v) is 14.8. The number of halogens is 1. The van der Waals surface area contributed by atoms with Gasteiger partial charge in [-0.05, 0) is 130 Å². The Morgan fingerprint density at radius 1 is 0.841 bits per heavy atom. The first kappa shape index (κ1) is 51.2. The second kappa shape index (κ2) is 22.8. The number of unbranched alkanes of at least 4 members (excludes halogenated alkanes) is 9. The highest BCUT2D eigenvalue weighted by Gasteiger charge is 2.44. The Morgan fingerprint density at radius 3 is 2.16 bits per heavy atom. The van der Waals surface area contributed by atoms with E-state index in [1.807, 2.05) is 0 Å². The fourth-order valence-electron chi connectivity index (χ4n) is 10.5. The van der Waals surface area contributed by atoms with Gasteiger partial charge in [0.05, 0.1) is 42.3 Å². The Kier molecular flexibility index (Phi) is 16.9. The van der Waals surface area contributed by atoms with E-state index in [2.05, 4.69) is 15.5 Å². The molecule has 4 aliphatic heterocycles. The van der Waals surface area contributed by atoms with Crippen LogP contribution in [0, 0.1) is 5.82 Å². The molecule has 0 radical (unpaired) electrons. The standard InChI is InChI=1S/C52H66FN5O10S/c1-5-68-46-28-36(17-19-45(46)67-3)44(32-69(4,65)66)58-51(63)40-26-34(27-42(54-33(2)59)48(40)52(58)64)16-14-12-10-8-6-7-9-11-13-15-23-56-24-21-35(22-25-56)38-29-37(53)30-39-41(38)31-57(50(39)62)43-18-20-47(60)55-49(43)61/h17,19,26-30,35,43-44H,5-16,18,20-25,31-32H2,1-4H3,(H,54,59)(H,55,60,61)/t43?,44-/m1/s1. The van der Waals surface area contributed by atoms with Gasteiger partial charge in [0, 0.05) is 31.7 Å². The summed E-state index contributed by atoms with van der Waals surface area (Å²) in [5, 5.41) is 5.07. The summed E-state index contributed by atoms with van der Waals surface area (Å²) in [6.45, 7) is 6.55. The zero-order valence-corrected chi connectivity index (χ0v) is 41.1. The van der Waals surface area contributed by atoms with E-state index in [9.17, 15) is 41.6 Å². The van der Waals surface area contributed by atoms with Crippen LogP contribution in [-0.4, -0.2) is 110 Å². The highest BCUT2D eigenvalue weighted by molar-refractivity contribution is 7.90. The predicted molar refractivity (Wildman–Crippen MR) is 259 cm³/mol. The fourth-order valence-corrected chi connectivity index (χ4v) is 11.4. The molecule has 2 saturated heterocycles. The summed E-state index contributed by atoms with van der Waals surface area (Å²) in [6.07, 6.45) is 14.9. The third kappa shape index (κ3) is 12.4. The van der Waals surface area contributed by atoms with Crippen LogP contribution in [0.2, 0.25) is 0 Å². The molecule has 0 aliphatic carbocycles. The number of nitrogens with one attached hydrogen (secondary N) is 2. The molecule has 4 heterocycles. The molecule has 2 atom stereocenters. The summed E-state index contributed by atoms with van der Waals surface area (Å²) < 4.78 is 51.4. The van der Waals surface area contributed by atoms with Gasteiger partial charge in [-0.15, -0.1) is 0 Å². The largest absolute Gasteiger partial charge is 0.493 e. The minimum Gasteiger partial charge on any atom is -0.493 e. The molecule has 6 amide bonds. The molecule has 15 nitrogen and oxygen atoms in total. The van der Waals surface area contributed by atoms with Crippen LogP contribution in [0.1, 0.15) is 169 Å².